The number of carbonyl (C=O) groups excluding carboxylic acids is 1. The van der Waals surface area contributed by atoms with E-state index in [2.05, 4.69) is 5.32 Å². The quantitative estimate of drug-likeness (QED) is 0.731. The van der Waals surface area contributed by atoms with Gasteiger partial charge in [0.2, 0.25) is 6.16 Å². The molecule has 0 heterocycles. The number of rotatable bonds is 4. The minimum atomic E-state index is -2.51. The molecule has 0 spiro atoms. The third kappa shape index (κ3) is 9.56. The number of ether oxygens (including phenoxy) is 1. The van der Waals surface area contributed by atoms with Gasteiger partial charge in [-0.05, 0) is 25.3 Å². The van der Waals surface area contributed by atoms with Gasteiger partial charge in [-0.25, -0.2) is 9.18 Å². The molecular weight excluding hydrogens is 224 g/mol. The van der Waals surface area contributed by atoms with E-state index >= 15 is 0 Å². The summed E-state index contributed by atoms with van der Waals surface area (Å²) in [6.07, 6.45) is -2.75. The zero-order chi connectivity index (χ0) is 12.1. The summed E-state index contributed by atoms with van der Waals surface area (Å²) >= 11 is 0. The summed E-state index contributed by atoms with van der Waals surface area (Å²) in [5, 5.41) is 2.17. The van der Waals surface area contributed by atoms with Crippen molar-refractivity contribution in [3.63, 3.8) is 0 Å². The van der Waals surface area contributed by atoms with Crippen LogP contribution in [0.4, 0.5) is 9.18 Å². The van der Waals surface area contributed by atoms with Crippen LogP contribution in [0.25, 0.3) is 0 Å². The lowest BCUT2D eigenvalue weighted by Crippen LogP contribution is -2.36. The van der Waals surface area contributed by atoms with Crippen molar-refractivity contribution in [2.24, 2.45) is 0 Å². The standard InChI is InChI=1S/C8H15FNO4P/c1-8(2,3)14-7(11)10-4-6(9)5-15(12)13/h6H,4-5H2,1-3H3,(H-,10,11,12,13)/p+1. The Morgan fingerprint density at radius 3 is 2.53 bits per heavy atom. The maximum Gasteiger partial charge on any atom is 0.508 e. The summed E-state index contributed by atoms with van der Waals surface area (Å²) in [6, 6.07) is 0. The molecule has 0 aliphatic heterocycles. The molecule has 0 fully saturated rings. The van der Waals surface area contributed by atoms with Gasteiger partial charge in [0, 0.05) is 0 Å². The van der Waals surface area contributed by atoms with Crippen LogP contribution < -0.4 is 5.32 Å². The number of carbonyl (C=O) groups is 1. The Morgan fingerprint density at radius 2 is 2.13 bits per heavy atom. The predicted octanol–water partition coefficient (Wildman–Crippen LogP) is 1.58. The normalized spacial score (nSPS) is 14.3. The molecule has 2 unspecified atom stereocenters. The molecule has 2 atom stereocenters. The molecular formula is C8H16FNO4P+. The van der Waals surface area contributed by atoms with Gasteiger partial charge in [-0.15, -0.1) is 0 Å². The topological polar surface area (TPSA) is 75.6 Å². The number of alkyl halides is 1. The molecule has 0 radical (unpaired) electrons. The molecule has 7 heteroatoms. The van der Waals surface area contributed by atoms with E-state index in [0.717, 1.165) is 0 Å². The number of nitrogens with one attached hydrogen (secondary N) is 1. The second-order valence-corrected chi connectivity index (χ2v) is 5.08. The van der Waals surface area contributed by atoms with Crippen molar-refractivity contribution in [3.8, 4) is 0 Å². The SMILES string of the molecule is CC(C)(C)OC(=O)NCC(F)C[P+](=O)O. The van der Waals surface area contributed by atoms with Crippen LogP contribution in [0.15, 0.2) is 0 Å². The van der Waals surface area contributed by atoms with E-state index in [1.54, 1.807) is 20.8 Å². The highest BCUT2D eigenvalue weighted by Gasteiger charge is 2.22. The Balaban J connectivity index is 3.76. The van der Waals surface area contributed by atoms with E-state index in [1.807, 2.05) is 0 Å². The lowest BCUT2D eigenvalue weighted by Gasteiger charge is -2.19. The summed E-state index contributed by atoms with van der Waals surface area (Å²) in [5.41, 5.74) is -0.641. The summed E-state index contributed by atoms with van der Waals surface area (Å²) < 4.78 is 27.9. The van der Waals surface area contributed by atoms with E-state index in [0.29, 0.717) is 0 Å². The number of amides is 1. The molecule has 1 amide bonds. The number of hydrogen-bond acceptors (Lipinski definition) is 3. The Labute approximate surface area is 88.9 Å². The summed E-state index contributed by atoms with van der Waals surface area (Å²) in [7, 11) is -2.51. The van der Waals surface area contributed by atoms with Gasteiger partial charge >= 0.3 is 14.1 Å². The second kappa shape index (κ2) is 5.98. The van der Waals surface area contributed by atoms with Crippen molar-refractivity contribution in [3.05, 3.63) is 0 Å². The molecule has 0 aromatic carbocycles. The zero-order valence-corrected chi connectivity index (χ0v) is 9.88. The largest absolute Gasteiger partial charge is 0.508 e. The van der Waals surface area contributed by atoms with Crippen molar-refractivity contribution in [2.45, 2.75) is 32.5 Å². The lowest BCUT2D eigenvalue weighted by atomic mass is 10.2. The summed E-state index contributed by atoms with van der Waals surface area (Å²) in [4.78, 5) is 19.4. The molecule has 0 aliphatic rings. The average Bonchev–Trinajstić information content (AvgIpc) is 1.96. The number of alkyl carbamates (subject to hydrolysis) is 1. The number of hydrogen-bond donors (Lipinski definition) is 2. The van der Waals surface area contributed by atoms with E-state index in [1.165, 1.54) is 0 Å². The Hall–Kier alpha value is -0.740. The third-order valence-electron chi connectivity index (χ3n) is 1.22. The third-order valence-corrected chi connectivity index (χ3v) is 1.93. The molecule has 0 saturated heterocycles. The molecule has 0 aromatic heterocycles. The van der Waals surface area contributed by atoms with Crippen molar-refractivity contribution in [1.82, 2.24) is 5.32 Å². The highest BCUT2D eigenvalue weighted by Crippen LogP contribution is 2.15. The fourth-order valence-corrected chi connectivity index (χ4v) is 1.21. The van der Waals surface area contributed by atoms with Gasteiger partial charge in [0.25, 0.3) is 0 Å². The summed E-state index contributed by atoms with van der Waals surface area (Å²) in [5.74, 6) is 0. The van der Waals surface area contributed by atoms with Gasteiger partial charge in [-0.1, -0.05) is 0 Å². The molecule has 0 bridgehead atoms. The lowest BCUT2D eigenvalue weighted by molar-refractivity contribution is 0.0515. The molecule has 0 aliphatic carbocycles. The monoisotopic (exact) mass is 240 g/mol. The highest BCUT2D eigenvalue weighted by molar-refractivity contribution is 7.38. The molecule has 15 heavy (non-hydrogen) atoms. The van der Waals surface area contributed by atoms with Crippen molar-refractivity contribution in [1.29, 1.82) is 0 Å². The van der Waals surface area contributed by atoms with E-state index in [-0.39, 0.29) is 6.54 Å². The minimum absolute atomic E-state index is 0.323. The Morgan fingerprint density at radius 1 is 1.60 bits per heavy atom. The Kier molecular flexibility index (Phi) is 5.68. The van der Waals surface area contributed by atoms with Crippen LogP contribution in [0.2, 0.25) is 0 Å². The smallest absolute Gasteiger partial charge is 0.444 e. The zero-order valence-electron chi connectivity index (χ0n) is 8.99. The van der Waals surface area contributed by atoms with Crippen molar-refractivity contribution in [2.75, 3.05) is 12.7 Å². The molecule has 5 nitrogen and oxygen atoms in total. The minimum Gasteiger partial charge on any atom is -0.444 e. The first-order valence-electron chi connectivity index (χ1n) is 4.45. The molecule has 0 aromatic rings. The van der Waals surface area contributed by atoms with Crippen LogP contribution in [0.1, 0.15) is 20.8 Å². The van der Waals surface area contributed by atoms with Crippen LogP contribution in [-0.2, 0) is 9.30 Å². The van der Waals surface area contributed by atoms with Crippen molar-refractivity contribution < 1.29 is 23.4 Å². The van der Waals surface area contributed by atoms with E-state index in [4.69, 9.17) is 9.63 Å². The highest BCUT2D eigenvalue weighted by atomic mass is 31.1. The van der Waals surface area contributed by atoms with Gasteiger partial charge in [0.1, 0.15) is 5.60 Å². The van der Waals surface area contributed by atoms with Gasteiger partial charge in [-0.3, -0.25) is 0 Å². The first-order valence-corrected chi connectivity index (χ1v) is 5.85. The fraction of sp³-hybridized carbons (Fsp3) is 0.875. The van der Waals surface area contributed by atoms with Crippen LogP contribution >= 0.6 is 8.03 Å². The van der Waals surface area contributed by atoms with Crippen LogP contribution in [0.3, 0.4) is 0 Å². The van der Waals surface area contributed by atoms with Gasteiger partial charge in [0.05, 0.1) is 6.54 Å². The van der Waals surface area contributed by atoms with Crippen LogP contribution in [0, 0.1) is 0 Å². The molecule has 0 saturated carbocycles. The first kappa shape index (κ1) is 14.3. The van der Waals surface area contributed by atoms with Gasteiger partial charge in [-0.2, -0.15) is 4.89 Å². The summed E-state index contributed by atoms with van der Waals surface area (Å²) in [6.45, 7) is 4.73. The van der Waals surface area contributed by atoms with Crippen LogP contribution in [-0.4, -0.2) is 35.5 Å². The first-order chi connectivity index (χ1) is 6.70. The van der Waals surface area contributed by atoms with Gasteiger partial charge < -0.3 is 10.1 Å². The van der Waals surface area contributed by atoms with E-state index in [9.17, 15) is 13.8 Å². The number of halogens is 1. The van der Waals surface area contributed by atoms with Gasteiger partial charge in [0.15, 0.2) is 6.17 Å². The predicted molar refractivity (Wildman–Crippen MR) is 53.8 cm³/mol. The fourth-order valence-electron chi connectivity index (χ4n) is 0.742. The molecule has 2 N–H and O–H groups in total. The van der Waals surface area contributed by atoms with E-state index < -0.39 is 32.1 Å². The molecule has 0 rings (SSSR count). The van der Waals surface area contributed by atoms with Crippen molar-refractivity contribution >= 4 is 14.1 Å². The van der Waals surface area contributed by atoms with Crippen LogP contribution in [0.5, 0.6) is 0 Å². The second-order valence-electron chi connectivity index (χ2n) is 4.01. The average molecular weight is 240 g/mol. The maximum atomic E-state index is 12.8. The maximum absolute atomic E-state index is 12.8. The molecule has 88 valence electrons. The Bertz CT molecular complexity index is 241.